The van der Waals surface area contributed by atoms with E-state index in [9.17, 15) is 24.0 Å². The van der Waals surface area contributed by atoms with E-state index in [1.54, 1.807) is 31.2 Å². The average Bonchev–Trinajstić information content (AvgIpc) is 3.17. The summed E-state index contributed by atoms with van der Waals surface area (Å²) < 4.78 is 21.3. The van der Waals surface area contributed by atoms with E-state index in [1.807, 2.05) is 0 Å². The fraction of sp³-hybridized carbons (Fsp3) is 0.367. The van der Waals surface area contributed by atoms with E-state index < -0.39 is 35.8 Å². The number of hydrogen-bond donors (Lipinski definition) is 0. The summed E-state index contributed by atoms with van der Waals surface area (Å²) in [5.41, 5.74) is 0.478. The summed E-state index contributed by atoms with van der Waals surface area (Å²) in [5.74, 6) is -2.52. The Labute approximate surface area is 232 Å². The number of carbonyl (C=O) groups is 5. The molecule has 2 amide bonds. The van der Waals surface area contributed by atoms with Crippen LogP contribution in [-0.2, 0) is 23.9 Å². The van der Waals surface area contributed by atoms with Crippen molar-refractivity contribution in [2.45, 2.75) is 45.1 Å². The molecule has 2 aromatic rings. The fourth-order valence-electron chi connectivity index (χ4n) is 4.05. The first kappa shape index (κ1) is 30.1. The van der Waals surface area contributed by atoms with Crippen molar-refractivity contribution in [1.29, 1.82) is 0 Å². The van der Waals surface area contributed by atoms with E-state index in [4.69, 9.17) is 18.9 Å². The second kappa shape index (κ2) is 14.6. The Morgan fingerprint density at radius 3 is 2.00 bits per heavy atom. The van der Waals surface area contributed by atoms with Crippen molar-refractivity contribution in [1.82, 2.24) is 4.90 Å². The maximum absolute atomic E-state index is 12.6. The molecule has 10 nitrogen and oxygen atoms in total. The van der Waals surface area contributed by atoms with Gasteiger partial charge in [0, 0.05) is 13.1 Å². The highest BCUT2D eigenvalue weighted by atomic mass is 16.6. The highest BCUT2D eigenvalue weighted by Gasteiger charge is 2.47. The number of rotatable bonds is 14. The van der Waals surface area contributed by atoms with Crippen molar-refractivity contribution >= 4 is 29.7 Å². The number of amides is 2. The molecule has 0 N–H and O–H groups in total. The highest BCUT2D eigenvalue weighted by Crippen LogP contribution is 2.26. The minimum atomic E-state index is -1.15. The van der Waals surface area contributed by atoms with Gasteiger partial charge in [-0.3, -0.25) is 14.5 Å². The van der Waals surface area contributed by atoms with Gasteiger partial charge in [0.05, 0.1) is 30.3 Å². The fourth-order valence-corrected chi connectivity index (χ4v) is 4.05. The number of imide groups is 1. The van der Waals surface area contributed by atoms with Crippen LogP contribution >= 0.6 is 0 Å². The third-order valence-electron chi connectivity index (χ3n) is 6.37. The van der Waals surface area contributed by atoms with Crippen LogP contribution in [0.5, 0.6) is 11.5 Å². The Morgan fingerprint density at radius 2 is 1.40 bits per heavy atom. The topological polar surface area (TPSA) is 126 Å². The molecule has 0 radical (unpaired) electrons. The van der Waals surface area contributed by atoms with Gasteiger partial charge in [-0.1, -0.05) is 13.5 Å². The lowest BCUT2D eigenvalue weighted by Gasteiger charge is -2.14. The molecule has 40 heavy (non-hydrogen) atoms. The van der Waals surface area contributed by atoms with Crippen LogP contribution in [0.3, 0.4) is 0 Å². The second-order valence-electron chi connectivity index (χ2n) is 9.15. The van der Waals surface area contributed by atoms with Crippen LogP contribution in [0.1, 0.15) is 59.7 Å². The molecule has 1 heterocycles. The van der Waals surface area contributed by atoms with Crippen molar-refractivity contribution in [2.75, 3.05) is 20.3 Å². The maximum atomic E-state index is 12.6. The summed E-state index contributed by atoms with van der Waals surface area (Å²) in [6, 6.07) is 12.3. The first-order valence-corrected chi connectivity index (χ1v) is 13.1. The molecule has 2 atom stereocenters. The van der Waals surface area contributed by atoms with E-state index >= 15 is 0 Å². The monoisotopic (exact) mass is 551 g/mol. The van der Waals surface area contributed by atoms with E-state index in [1.165, 1.54) is 31.3 Å². The van der Waals surface area contributed by atoms with Gasteiger partial charge in [-0.05, 0) is 80.6 Å². The maximum Gasteiger partial charge on any atom is 0.343 e. The number of nitrogens with zero attached hydrogens (tertiary/aromatic N) is 1. The normalized spacial score (nSPS) is 16.4. The van der Waals surface area contributed by atoms with Crippen LogP contribution in [0.25, 0.3) is 0 Å². The zero-order chi connectivity index (χ0) is 29.1. The van der Waals surface area contributed by atoms with Crippen LogP contribution in [0.2, 0.25) is 0 Å². The first-order valence-electron chi connectivity index (χ1n) is 13.1. The van der Waals surface area contributed by atoms with Gasteiger partial charge in [-0.2, -0.15) is 0 Å². The summed E-state index contributed by atoms with van der Waals surface area (Å²) in [4.78, 5) is 61.4. The van der Waals surface area contributed by atoms with Crippen molar-refractivity contribution < 1.29 is 42.9 Å². The van der Waals surface area contributed by atoms with Gasteiger partial charge in [0.25, 0.3) is 5.91 Å². The van der Waals surface area contributed by atoms with Crippen LogP contribution in [0, 0.1) is 5.92 Å². The molecule has 1 saturated heterocycles. The van der Waals surface area contributed by atoms with Crippen molar-refractivity contribution in [3.63, 3.8) is 0 Å². The first-order chi connectivity index (χ1) is 19.2. The largest absolute Gasteiger partial charge is 0.494 e. The Morgan fingerprint density at radius 1 is 0.825 bits per heavy atom. The SMILES string of the molecule is C=CC(=O)OCCCCCCOc1ccc(C(=O)Oc2ccc(C(=O)O[C@H]3C(=O)N(C)C(=O)[C@@H]3CC)cc2)cc1. The van der Waals surface area contributed by atoms with E-state index in [0.717, 1.165) is 36.7 Å². The predicted octanol–water partition coefficient (Wildman–Crippen LogP) is 4.12. The standard InChI is InChI=1S/C30H33NO9/c1-4-24-26(28(34)31(3)27(24)33)40-30(36)21-12-16-23(17-13-21)39-29(35)20-10-14-22(15-11-20)37-18-8-6-7-9-19-38-25(32)5-2/h5,10-17,24,26H,2,4,6-9,18-19H2,1,3H3/t24-,26-/m1/s1. The van der Waals surface area contributed by atoms with E-state index in [-0.39, 0.29) is 17.2 Å². The van der Waals surface area contributed by atoms with Gasteiger partial charge >= 0.3 is 17.9 Å². The third kappa shape index (κ3) is 8.02. The average molecular weight is 552 g/mol. The molecule has 0 saturated carbocycles. The molecule has 1 fully saturated rings. The summed E-state index contributed by atoms with van der Waals surface area (Å²) in [7, 11) is 1.36. The third-order valence-corrected chi connectivity index (χ3v) is 6.37. The zero-order valence-corrected chi connectivity index (χ0v) is 22.6. The lowest BCUT2D eigenvalue weighted by molar-refractivity contribution is -0.140. The van der Waals surface area contributed by atoms with Crippen LogP contribution < -0.4 is 9.47 Å². The molecular formula is C30H33NO9. The number of carbonyl (C=O) groups excluding carboxylic acids is 5. The van der Waals surface area contributed by atoms with Gasteiger partial charge in [0.2, 0.25) is 5.91 Å². The molecule has 0 aromatic heterocycles. The zero-order valence-electron chi connectivity index (χ0n) is 22.6. The molecule has 0 unspecified atom stereocenters. The number of likely N-dealkylation sites (N-methyl/N-ethyl adjacent to an activating group) is 1. The van der Waals surface area contributed by atoms with Crippen molar-refractivity contribution in [3.8, 4) is 11.5 Å². The lowest BCUT2D eigenvalue weighted by Crippen LogP contribution is -2.31. The summed E-state index contributed by atoms with van der Waals surface area (Å²) in [6.07, 6.45) is 3.83. The van der Waals surface area contributed by atoms with Gasteiger partial charge < -0.3 is 18.9 Å². The molecule has 212 valence electrons. The van der Waals surface area contributed by atoms with Crippen molar-refractivity contribution in [3.05, 3.63) is 72.3 Å². The number of unbranched alkanes of at least 4 members (excludes halogenated alkanes) is 3. The molecule has 10 heteroatoms. The van der Waals surface area contributed by atoms with E-state index in [0.29, 0.717) is 30.9 Å². The quantitative estimate of drug-likeness (QED) is 0.112. The molecule has 1 aliphatic rings. The van der Waals surface area contributed by atoms with Gasteiger partial charge in [0.15, 0.2) is 6.10 Å². The Hall–Kier alpha value is -4.47. The van der Waals surface area contributed by atoms with E-state index in [2.05, 4.69) is 6.58 Å². The molecule has 2 aromatic carbocycles. The summed E-state index contributed by atoms with van der Waals surface area (Å²) in [6.45, 7) is 5.99. The van der Waals surface area contributed by atoms with Crippen LogP contribution in [-0.4, -0.2) is 61.0 Å². The number of likely N-dealkylation sites (tertiary alicyclic amines) is 1. The van der Waals surface area contributed by atoms with Gasteiger partial charge in [0.1, 0.15) is 11.5 Å². The molecule has 1 aliphatic heterocycles. The van der Waals surface area contributed by atoms with Gasteiger partial charge in [-0.15, -0.1) is 0 Å². The summed E-state index contributed by atoms with van der Waals surface area (Å²) in [5, 5.41) is 0. The Bertz CT molecular complexity index is 1220. The number of esters is 3. The molecule has 3 rings (SSSR count). The Kier molecular flexibility index (Phi) is 11.0. The van der Waals surface area contributed by atoms with Crippen molar-refractivity contribution in [2.24, 2.45) is 5.92 Å². The van der Waals surface area contributed by atoms with Crippen LogP contribution in [0.4, 0.5) is 0 Å². The predicted molar refractivity (Wildman–Crippen MR) is 144 cm³/mol. The molecule has 0 aliphatic carbocycles. The van der Waals surface area contributed by atoms with Gasteiger partial charge in [-0.25, -0.2) is 14.4 Å². The number of ether oxygens (including phenoxy) is 4. The summed E-state index contributed by atoms with van der Waals surface area (Å²) >= 11 is 0. The Balaban J connectivity index is 1.42. The van der Waals surface area contributed by atoms with Crippen LogP contribution in [0.15, 0.2) is 61.2 Å². The lowest BCUT2D eigenvalue weighted by atomic mass is 10.0. The highest BCUT2D eigenvalue weighted by molar-refractivity contribution is 6.07. The molecule has 0 spiro atoms. The number of hydrogen-bond acceptors (Lipinski definition) is 9. The minimum absolute atomic E-state index is 0.155. The number of benzene rings is 2. The molecular weight excluding hydrogens is 518 g/mol. The smallest absolute Gasteiger partial charge is 0.343 e. The minimum Gasteiger partial charge on any atom is -0.494 e. The second-order valence-corrected chi connectivity index (χ2v) is 9.15. The molecule has 0 bridgehead atoms.